The summed E-state index contributed by atoms with van der Waals surface area (Å²) in [4.78, 5) is 30.8. The molecule has 0 bridgehead atoms. The van der Waals surface area contributed by atoms with Gasteiger partial charge in [0.2, 0.25) is 11.8 Å². The summed E-state index contributed by atoms with van der Waals surface area (Å²) in [6.45, 7) is 6.83. The maximum Gasteiger partial charge on any atom is 0.246 e. The molecule has 3 rings (SSSR count). The summed E-state index contributed by atoms with van der Waals surface area (Å²) in [5.41, 5.74) is 1.57. The van der Waals surface area contributed by atoms with Gasteiger partial charge in [0.15, 0.2) is 0 Å². The number of aryl methyl sites for hydroxylation is 2. The molecule has 148 valence electrons. The maximum atomic E-state index is 12.5. The number of carbonyl (C=O) groups excluding carboxylic acids is 2. The molecule has 2 fully saturated rings. The summed E-state index contributed by atoms with van der Waals surface area (Å²) in [6.07, 6.45) is 6.74. The summed E-state index contributed by atoms with van der Waals surface area (Å²) in [7, 11) is 1.78. The Hall–Kier alpha value is -1.86. The first-order chi connectivity index (χ1) is 13.0. The molecule has 0 unspecified atom stereocenters. The first-order valence-electron chi connectivity index (χ1n) is 9.62. The van der Waals surface area contributed by atoms with Crippen LogP contribution in [0.5, 0.6) is 0 Å². The van der Waals surface area contributed by atoms with Crippen LogP contribution in [0.2, 0.25) is 5.15 Å². The van der Waals surface area contributed by atoms with E-state index in [4.69, 9.17) is 11.6 Å². The van der Waals surface area contributed by atoms with Gasteiger partial charge in [-0.05, 0) is 32.3 Å². The van der Waals surface area contributed by atoms with E-state index in [1.54, 1.807) is 23.9 Å². The number of likely N-dealkylation sites (tertiary alicyclic amines) is 1. The van der Waals surface area contributed by atoms with Gasteiger partial charge in [-0.2, -0.15) is 5.10 Å². The Morgan fingerprint density at radius 3 is 2.30 bits per heavy atom. The molecule has 2 amide bonds. The minimum Gasteiger partial charge on any atom is -0.342 e. The molecule has 0 aromatic carbocycles. The predicted molar refractivity (Wildman–Crippen MR) is 105 cm³/mol. The fourth-order valence-electron chi connectivity index (χ4n) is 3.66. The number of nitrogens with zero attached hydrogens (tertiary/aromatic N) is 5. The van der Waals surface area contributed by atoms with Crippen molar-refractivity contribution in [2.75, 3.05) is 45.8 Å². The molecule has 0 spiro atoms. The van der Waals surface area contributed by atoms with E-state index in [0.29, 0.717) is 24.8 Å². The second-order valence-corrected chi connectivity index (χ2v) is 7.65. The molecule has 3 heterocycles. The Bertz CT molecular complexity index is 716. The van der Waals surface area contributed by atoms with Crippen LogP contribution in [0.25, 0.3) is 6.08 Å². The molecular formula is C19H28ClN5O2. The molecular weight excluding hydrogens is 366 g/mol. The molecule has 1 aromatic rings. The third-order valence-electron chi connectivity index (χ3n) is 5.34. The first-order valence-corrected chi connectivity index (χ1v) is 9.99. The van der Waals surface area contributed by atoms with Gasteiger partial charge in [0.05, 0.1) is 12.2 Å². The summed E-state index contributed by atoms with van der Waals surface area (Å²) in [5, 5.41) is 4.77. The van der Waals surface area contributed by atoms with Crippen LogP contribution in [0.1, 0.15) is 30.5 Å². The van der Waals surface area contributed by atoms with Gasteiger partial charge < -0.3 is 9.80 Å². The molecule has 2 aliphatic rings. The topological polar surface area (TPSA) is 61.7 Å². The Kier molecular flexibility index (Phi) is 6.55. The third-order valence-corrected chi connectivity index (χ3v) is 5.79. The number of aromatic nitrogens is 2. The summed E-state index contributed by atoms with van der Waals surface area (Å²) >= 11 is 6.20. The van der Waals surface area contributed by atoms with E-state index in [1.165, 1.54) is 6.42 Å². The normalized spacial score (nSPS) is 19.1. The predicted octanol–water partition coefficient (Wildman–Crippen LogP) is 1.55. The van der Waals surface area contributed by atoms with Crippen molar-refractivity contribution >= 4 is 29.5 Å². The minimum absolute atomic E-state index is 0.0312. The number of amides is 2. The van der Waals surface area contributed by atoms with Crippen LogP contribution in [-0.2, 0) is 16.6 Å². The minimum atomic E-state index is -0.0312. The highest BCUT2D eigenvalue weighted by atomic mass is 35.5. The van der Waals surface area contributed by atoms with Crippen molar-refractivity contribution in [3.63, 3.8) is 0 Å². The lowest BCUT2D eigenvalue weighted by Gasteiger charge is -2.35. The van der Waals surface area contributed by atoms with Crippen LogP contribution >= 0.6 is 11.6 Å². The first kappa shape index (κ1) is 19.9. The zero-order valence-corrected chi connectivity index (χ0v) is 16.9. The lowest BCUT2D eigenvalue weighted by molar-refractivity contribution is -0.134. The van der Waals surface area contributed by atoms with Crippen molar-refractivity contribution in [2.24, 2.45) is 7.05 Å². The van der Waals surface area contributed by atoms with E-state index in [-0.39, 0.29) is 11.8 Å². The van der Waals surface area contributed by atoms with Gasteiger partial charge >= 0.3 is 0 Å². The van der Waals surface area contributed by atoms with Gasteiger partial charge in [-0.3, -0.25) is 19.2 Å². The second-order valence-electron chi connectivity index (χ2n) is 7.29. The largest absolute Gasteiger partial charge is 0.342 e. The van der Waals surface area contributed by atoms with Gasteiger partial charge in [-0.15, -0.1) is 0 Å². The van der Waals surface area contributed by atoms with Crippen LogP contribution < -0.4 is 0 Å². The smallest absolute Gasteiger partial charge is 0.246 e. The number of hydrogen-bond acceptors (Lipinski definition) is 4. The Labute approximate surface area is 165 Å². The van der Waals surface area contributed by atoms with Crippen molar-refractivity contribution in [1.82, 2.24) is 24.5 Å². The monoisotopic (exact) mass is 393 g/mol. The Morgan fingerprint density at radius 1 is 1.04 bits per heavy atom. The number of hydrogen-bond donors (Lipinski definition) is 0. The fourth-order valence-corrected chi connectivity index (χ4v) is 3.89. The van der Waals surface area contributed by atoms with E-state index < -0.39 is 0 Å². The SMILES string of the molecule is Cc1nn(C)c(Cl)c1/C=C/C(=O)N1CCN(CC(=O)N2CCCCC2)CC1. The summed E-state index contributed by atoms with van der Waals surface area (Å²) < 4.78 is 1.60. The molecule has 0 N–H and O–H groups in total. The van der Waals surface area contributed by atoms with Crippen LogP contribution in [-0.4, -0.2) is 82.1 Å². The number of piperidine rings is 1. The third kappa shape index (κ3) is 4.90. The molecule has 2 saturated heterocycles. The molecule has 27 heavy (non-hydrogen) atoms. The zero-order chi connectivity index (χ0) is 19.4. The van der Waals surface area contributed by atoms with Gasteiger partial charge in [0.1, 0.15) is 5.15 Å². The molecule has 0 aliphatic carbocycles. The van der Waals surface area contributed by atoms with Crippen LogP contribution in [0, 0.1) is 6.92 Å². The average molecular weight is 394 g/mol. The van der Waals surface area contributed by atoms with E-state index in [9.17, 15) is 9.59 Å². The average Bonchev–Trinajstić information content (AvgIpc) is 2.92. The van der Waals surface area contributed by atoms with Gasteiger partial charge in [0, 0.05) is 58.0 Å². The number of halogens is 1. The zero-order valence-electron chi connectivity index (χ0n) is 16.2. The highest BCUT2D eigenvalue weighted by molar-refractivity contribution is 6.31. The van der Waals surface area contributed by atoms with Gasteiger partial charge in [-0.25, -0.2) is 0 Å². The van der Waals surface area contributed by atoms with Gasteiger partial charge in [-0.1, -0.05) is 11.6 Å². The quantitative estimate of drug-likeness (QED) is 0.728. The summed E-state index contributed by atoms with van der Waals surface area (Å²) in [5.74, 6) is 0.187. The lowest BCUT2D eigenvalue weighted by atomic mass is 10.1. The Balaban J connectivity index is 1.47. The molecule has 1 aromatic heterocycles. The molecule has 8 heteroatoms. The van der Waals surface area contributed by atoms with E-state index in [2.05, 4.69) is 10.00 Å². The van der Waals surface area contributed by atoms with Crippen molar-refractivity contribution in [1.29, 1.82) is 0 Å². The fraction of sp³-hybridized carbons (Fsp3) is 0.632. The second kappa shape index (κ2) is 8.89. The number of carbonyl (C=O) groups is 2. The number of rotatable bonds is 4. The van der Waals surface area contributed by atoms with Crippen molar-refractivity contribution < 1.29 is 9.59 Å². The van der Waals surface area contributed by atoms with Crippen molar-refractivity contribution in [3.8, 4) is 0 Å². The number of piperazine rings is 1. The molecule has 2 aliphatic heterocycles. The van der Waals surface area contributed by atoms with E-state index >= 15 is 0 Å². The molecule has 0 atom stereocenters. The lowest BCUT2D eigenvalue weighted by Crippen LogP contribution is -2.51. The van der Waals surface area contributed by atoms with Crippen molar-refractivity contribution in [3.05, 3.63) is 22.5 Å². The summed E-state index contributed by atoms with van der Waals surface area (Å²) in [6, 6.07) is 0. The van der Waals surface area contributed by atoms with Gasteiger partial charge in [0.25, 0.3) is 0 Å². The Morgan fingerprint density at radius 2 is 1.70 bits per heavy atom. The molecule has 0 saturated carbocycles. The van der Waals surface area contributed by atoms with E-state index in [0.717, 1.165) is 50.3 Å². The standard InChI is InChI=1S/C19H28ClN5O2/c1-15-16(19(20)22(2)21-15)6-7-17(26)25-12-10-23(11-13-25)14-18(27)24-8-4-3-5-9-24/h6-7H,3-5,8-14H2,1-2H3/b7-6+. The molecule has 7 nitrogen and oxygen atoms in total. The highest BCUT2D eigenvalue weighted by Gasteiger charge is 2.24. The van der Waals surface area contributed by atoms with E-state index in [1.807, 2.05) is 16.7 Å². The van der Waals surface area contributed by atoms with Crippen LogP contribution in [0.15, 0.2) is 6.08 Å². The molecule has 0 radical (unpaired) electrons. The van der Waals surface area contributed by atoms with Crippen LogP contribution in [0.3, 0.4) is 0 Å². The van der Waals surface area contributed by atoms with Crippen LogP contribution in [0.4, 0.5) is 0 Å². The highest BCUT2D eigenvalue weighted by Crippen LogP contribution is 2.20. The van der Waals surface area contributed by atoms with Crippen molar-refractivity contribution in [2.45, 2.75) is 26.2 Å². The maximum absolute atomic E-state index is 12.5.